The Morgan fingerprint density at radius 2 is 2.09 bits per heavy atom. The van der Waals surface area contributed by atoms with E-state index in [9.17, 15) is 4.79 Å². The van der Waals surface area contributed by atoms with Crippen LogP contribution in [-0.2, 0) is 0 Å². The zero-order chi connectivity index (χ0) is 23.5. The van der Waals surface area contributed by atoms with Gasteiger partial charge in [-0.1, -0.05) is 19.1 Å². The first kappa shape index (κ1) is 22.1. The van der Waals surface area contributed by atoms with Crippen LogP contribution in [0.4, 0.5) is 5.82 Å². The van der Waals surface area contributed by atoms with Crippen LogP contribution in [0.1, 0.15) is 43.6 Å². The van der Waals surface area contributed by atoms with Crippen molar-refractivity contribution in [3.63, 3.8) is 0 Å². The number of ether oxygens (including phenoxy) is 1. The van der Waals surface area contributed by atoms with E-state index in [-0.39, 0.29) is 11.9 Å². The van der Waals surface area contributed by atoms with E-state index in [1.165, 1.54) is 6.33 Å². The molecule has 0 unspecified atom stereocenters. The lowest BCUT2D eigenvalue weighted by atomic mass is 10.1. The molecule has 9 heteroatoms. The van der Waals surface area contributed by atoms with Crippen molar-refractivity contribution in [2.75, 3.05) is 31.1 Å². The molecule has 1 saturated heterocycles. The SMILES string of the molecule is CCCN(CC)C(=O)c1cc(OC[C@H]2CCCN2c2ccnc3ncnn23)c2ccccc2n1. The van der Waals surface area contributed by atoms with Gasteiger partial charge in [0.15, 0.2) is 0 Å². The predicted molar refractivity (Wildman–Crippen MR) is 130 cm³/mol. The molecule has 176 valence electrons. The van der Waals surface area contributed by atoms with Crippen LogP contribution in [0.2, 0.25) is 0 Å². The number of carbonyl (C=O) groups is 1. The molecule has 0 aliphatic carbocycles. The average molecular weight is 460 g/mol. The van der Waals surface area contributed by atoms with Crippen LogP contribution in [0.3, 0.4) is 0 Å². The summed E-state index contributed by atoms with van der Waals surface area (Å²) >= 11 is 0. The quantitative estimate of drug-likeness (QED) is 0.398. The van der Waals surface area contributed by atoms with Crippen molar-refractivity contribution in [3.05, 3.63) is 54.6 Å². The van der Waals surface area contributed by atoms with Crippen LogP contribution >= 0.6 is 0 Å². The Kier molecular flexibility index (Phi) is 6.24. The summed E-state index contributed by atoms with van der Waals surface area (Å²) in [6, 6.07) is 11.7. The van der Waals surface area contributed by atoms with E-state index in [1.54, 1.807) is 16.8 Å². The van der Waals surface area contributed by atoms with Gasteiger partial charge in [0, 0.05) is 37.3 Å². The van der Waals surface area contributed by atoms with E-state index in [4.69, 9.17) is 4.74 Å². The molecule has 0 N–H and O–H groups in total. The lowest BCUT2D eigenvalue weighted by Gasteiger charge is -2.27. The number of anilines is 1. The molecular formula is C25H29N7O2. The van der Waals surface area contributed by atoms with Crippen molar-refractivity contribution < 1.29 is 9.53 Å². The van der Waals surface area contributed by atoms with Crippen LogP contribution in [0, 0.1) is 0 Å². The van der Waals surface area contributed by atoms with Gasteiger partial charge < -0.3 is 14.5 Å². The van der Waals surface area contributed by atoms with Gasteiger partial charge in [0.05, 0.1) is 11.6 Å². The molecule has 0 saturated carbocycles. The highest BCUT2D eigenvalue weighted by Crippen LogP contribution is 2.29. The standard InChI is InChI=1S/C25H29N7O2/c1-3-13-30(4-2)24(33)21-15-22(19-9-5-6-10-20(19)29-21)34-16-18-8-7-14-31(18)23-11-12-26-25-27-17-28-32(23)25/h5-6,9-12,15,17-18H,3-4,7-8,13-14,16H2,1-2H3/t18-/m1/s1. The number of pyridine rings is 1. The molecule has 5 rings (SSSR count). The van der Waals surface area contributed by atoms with Gasteiger partial charge in [-0.05, 0) is 44.4 Å². The van der Waals surface area contributed by atoms with Gasteiger partial charge in [-0.3, -0.25) is 4.79 Å². The minimum Gasteiger partial charge on any atom is -0.491 e. The van der Waals surface area contributed by atoms with Crippen molar-refractivity contribution in [2.24, 2.45) is 0 Å². The van der Waals surface area contributed by atoms with Crippen molar-refractivity contribution in [1.82, 2.24) is 29.5 Å². The number of hydrogen-bond donors (Lipinski definition) is 0. The second-order valence-corrected chi connectivity index (χ2v) is 8.48. The Morgan fingerprint density at radius 3 is 2.94 bits per heavy atom. The molecule has 1 fully saturated rings. The third-order valence-corrected chi connectivity index (χ3v) is 6.32. The molecule has 0 bridgehead atoms. The molecule has 1 aliphatic heterocycles. The van der Waals surface area contributed by atoms with Crippen LogP contribution in [0.25, 0.3) is 16.7 Å². The fourth-order valence-corrected chi connectivity index (χ4v) is 4.65. The van der Waals surface area contributed by atoms with Crippen molar-refractivity contribution in [3.8, 4) is 5.75 Å². The van der Waals surface area contributed by atoms with Gasteiger partial charge in [0.1, 0.15) is 30.2 Å². The molecule has 0 spiro atoms. The van der Waals surface area contributed by atoms with Crippen molar-refractivity contribution in [2.45, 2.75) is 39.2 Å². The number of para-hydroxylation sites is 1. The van der Waals surface area contributed by atoms with Gasteiger partial charge in [0.2, 0.25) is 0 Å². The summed E-state index contributed by atoms with van der Waals surface area (Å²) in [4.78, 5) is 30.4. The Balaban J connectivity index is 1.42. The summed E-state index contributed by atoms with van der Waals surface area (Å²) < 4.78 is 8.17. The molecule has 4 aromatic rings. The van der Waals surface area contributed by atoms with Crippen LogP contribution in [-0.4, -0.2) is 67.7 Å². The van der Waals surface area contributed by atoms with E-state index < -0.39 is 0 Å². The third kappa shape index (κ3) is 4.13. The number of aromatic nitrogens is 5. The Hall–Kier alpha value is -3.75. The van der Waals surface area contributed by atoms with Crippen molar-refractivity contribution in [1.29, 1.82) is 0 Å². The molecule has 34 heavy (non-hydrogen) atoms. The number of benzene rings is 1. The molecule has 1 aliphatic rings. The third-order valence-electron chi connectivity index (χ3n) is 6.32. The lowest BCUT2D eigenvalue weighted by molar-refractivity contribution is 0.0758. The summed E-state index contributed by atoms with van der Waals surface area (Å²) in [5, 5.41) is 5.24. The van der Waals surface area contributed by atoms with E-state index in [1.807, 2.05) is 42.2 Å². The van der Waals surface area contributed by atoms with E-state index in [2.05, 4.69) is 31.9 Å². The van der Waals surface area contributed by atoms with Crippen LogP contribution in [0.15, 0.2) is 48.9 Å². The molecular weight excluding hydrogens is 430 g/mol. The highest BCUT2D eigenvalue weighted by molar-refractivity contribution is 5.97. The van der Waals surface area contributed by atoms with Crippen LogP contribution < -0.4 is 9.64 Å². The number of amides is 1. The maximum absolute atomic E-state index is 13.1. The molecule has 9 nitrogen and oxygen atoms in total. The van der Waals surface area contributed by atoms with E-state index >= 15 is 0 Å². The lowest BCUT2D eigenvalue weighted by Crippen LogP contribution is -2.35. The topological polar surface area (TPSA) is 88.8 Å². The summed E-state index contributed by atoms with van der Waals surface area (Å²) in [6.07, 6.45) is 6.26. The predicted octanol–water partition coefficient (Wildman–Crippen LogP) is 3.59. The summed E-state index contributed by atoms with van der Waals surface area (Å²) in [5.41, 5.74) is 1.18. The number of nitrogens with zero attached hydrogens (tertiary/aromatic N) is 7. The summed E-state index contributed by atoms with van der Waals surface area (Å²) in [6.45, 7) is 6.83. The first-order valence-electron chi connectivity index (χ1n) is 11.9. The second kappa shape index (κ2) is 9.62. The Bertz CT molecular complexity index is 1300. The van der Waals surface area contributed by atoms with Crippen molar-refractivity contribution >= 4 is 28.4 Å². The average Bonchev–Trinajstić information content (AvgIpc) is 3.54. The molecule has 1 atom stereocenters. The fraction of sp³-hybridized carbons (Fsp3) is 0.400. The van der Waals surface area contributed by atoms with Gasteiger partial charge in [-0.2, -0.15) is 14.6 Å². The number of rotatable bonds is 8. The Morgan fingerprint density at radius 1 is 1.21 bits per heavy atom. The molecule has 1 aromatic carbocycles. The second-order valence-electron chi connectivity index (χ2n) is 8.48. The molecule has 1 amide bonds. The van der Waals surface area contributed by atoms with Crippen LogP contribution in [0.5, 0.6) is 5.75 Å². The Labute approximate surface area is 198 Å². The monoisotopic (exact) mass is 459 g/mol. The smallest absolute Gasteiger partial charge is 0.272 e. The summed E-state index contributed by atoms with van der Waals surface area (Å²) in [7, 11) is 0. The first-order valence-corrected chi connectivity index (χ1v) is 11.9. The highest BCUT2D eigenvalue weighted by atomic mass is 16.5. The first-order chi connectivity index (χ1) is 16.7. The normalized spacial score (nSPS) is 15.8. The molecule has 3 aromatic heterocycles. The maximum atomic E-state index is 13.1. The number of carbonyl (C=O) groups excluding carboxylic acids is 1. The highest BCUT2D eigenvalue weighted by Gasteiger charge is 2.28. The largest absolute Gasteiger partial charge is 0.491 e. The zero-order valence-electron chi connectivity index (χ0n) is 19.6. The molecule has 0 radical (unpaired) electrons. The number of hydrogen-bond acceptors (Lipinski definition) is 7. The van der Waals surface area contributed by atoms with Gasteiger partial charge in [-0.15, -0.1) is 0 Å². The minimum atomic E-state index is -0.0622. The van der Waals surface area contributed by atoms with Gasteiger partial charge in [-0.25, -0.2) is 9.97 Å². The number of fused-ring (bicyclic) bond motifs is 2. The minimum absolute atomic E-state index is 0.0622. The van der Waals surface area contributed by atoms with Gasteiger partial charge in [0.25, 0.3) is 11.7 Å². The maximum Gasteiger partial charge on any atom is 0.272 e. The fourth-order valence-electron chi connectivity index (χ4n) is 4.65. The van der Waals surface area contributed by atoms with E-state index in [0.29, 0.717) is 36.9 Å². The van der Waals surface area contributed by atoms with Gasteiger partial charge >= 0.3 is 0 Å². The van der Waals surface area contributed by atoms with E-state index in [0.717, 1.165) is 42.5 Å². The molecule has 4 heterocycles. The zero-order valence-corrected chi connectivity index (χ0v) is 19.6. The summed E-state index contributed by atoms with van der Waals surface area (Å²) in [5.74, 6) is 2.17.